The van der Waals surface area contributed by atoms with Crippen molar-refractivity contribution < 1.29 is 22.8 Å². The average Bonchev–Trinajstić information content (AvgIpc) is 3.56. The minimum absolute atomic E-state index is 0.134. The van der Waals surface area contributed by atoms with Crippen molar-refractivity contribution in [3.8, 4) is 0 Å². The van der Waals surface area contributed by atoms with E-state index in [1.807, 2.05) is 11.4 Å². The second kappa shape index (κ2) is 10.9. The number of thiazole rings is 1. The predicted molar refractivity (Wildman–Crippen MR) is 145 cm³/mol. The molecule has 0 aliphatic carbocycles. The summed E-state index contributed by atoms with van der Waals surface area (Å²) in [5.74, 6) is -0.229. The molecule has 0 radical (unpaired) electrons. The summed E-state index contributed by atoms with van der Waals surface area (Å²) in [5.41, 5.74) is 3.44. The number of halogens is 4. The van der Waals surface area contributed by atoms with Gasteiger partial charge in [0.25, 0.3) is 5.56 Å². The van der Waals surface area contributed by atoms with Gasteiger partial charge in [0.2, 0.25) is 5.91 Å². The molecular formula is C27H26BrF3N4O3S. The van der Waals surface area contributed by atoms with Gasteiger partial charge >= 0.3 is 6.18 Å². The number of aromatic nitrogens is 2. The molecule has 1 atom stereocenters. The van der Waals surface area contributed by atoms with E-state index in [1.54, 1.807) is 16.2 Å². The van der Waals surface area contributed by atoms with Gasteiger partial charge in [-0.2, -0.15) is 13.2 Å². The molecule has 1 fully saturated rings. The first-order chi connectivity index (χ1) is 18.5. The van der Waals surface area contributed by atoms with Gasteiger partial charge < -0.3 is 14.3 Å². The molecular weight excluding hydrogens is 597 g/mol. The first-order valence-electron chi connectivity index (χ1n) is 12.5. The topological polar surface area (TPSA) is 76.8 Å². The lowest BCUT2D eigenvalue weighted by Crippen LogP contribution is -2.41. The van der Waals surface area contributed by atoms with E-state index in [9.17, 15) is 22.8 Å². The summed E-state index contributed by atoms with van der Waals surface area (Å²) < 4.78 is 40.0. The summed E-state index contributed by atoms with van der Waals surface area (Å²) in [6, 6.07) is 6.89. The van der Waals surface area contributed by atoms with Crippen LogP contribution in [0.3, 0.4) is 0 Å². The van der Waals surface area contributed by atoms with Crippen molar-refractivity contribution in [2.75, 3.05) is 13.1 Å². The van der Waals surface area contributed by atoms with Crippen molar-refractivity contribution in [3.05, 3.63) is 83.6 Å². The Bertz CT molecular complexity index is 1470. The van der Waals surface area contributed by atoms with Crippen molar-refractivity contribution in [2.45, 2.75) is 57.9 Å². The molecule has 0 N–H and O–H groups in total. The van der Waals surface area contributed by atoms with E-state index in [0.29, 0.717) is 38.5 Å². The van der Waals surface area contributed by atoms with Gasteiger partial charge in [0.15, 0.2) is 6.10 Å². The third-order valence-corrected chi connectivity index (χ3v) is 8.80. The van der Waals surface area contributed by atoms with Crippen LogP contribution in [-0.4, -0.2) is 39.2 Å². The number of amides is 1. The fourth-order valence-corrected chi connectivity index (χ4v) is 6.59. The third kappa shape index (κ3) is 5.81. The number of aryl methyl sites for hydroxylation is 2. The van der Waals surface area contributed by atoms with E-state index >= 15 is 0 Å². The molecule has 12 heteroatoms. The number of oxime groups is 1. The Kier molecular flexibility index (Phi) is 7.69. The number of likely N-dealkylation sites (tertiary alicyclic amines) is 1. The molecule has 0 saturated carbocycles. The molecule has 2 aliphatic rings. The molecule has 2 aliphatic heterocycles. The van der Waals surface area contributed by atoms with E-state index in [4.69, 9.17) is 9.82 Å². The van der Waals surface area contributed by atoms with Gasteiger partial charge in [0.1, 0.15) is 12.3 Å². The maximum absolute atomic E-state index is 13.2. The number of carbonyl (C=O) groups excluding carboxylic acids is 1. The highest BCUT2D eigenvalue weighted by Gasteiger charge is 2.33. The van der Waals surface area contributed by atoms with Gasteiger partial charge in [-0.3, -0.25) is 9.59 Å². The van der Waals surface area contributed by atoms with Crippen molar-refractivity contribution in [1.82, 2.24) is 14.5 Å². The first kappa shape index (κ1) is 27.6. The summed E-state index contributed by atoms with van der Waals surface area (Å²) in [6.45, 7) is 4.56. The second-order valence-corrected chi connectivity index (χ2v) is 11.6. The molecule has 5 rings (SSSR count). The highest BCUT2D eigenvalue weighted by atomic mass is 79.9. The minimum Gasteiger partial charge on any atom is -0.387 e. The quantitative estimate of drug-likeness (QED) is 0.351. The molecule has 206 valence electrons. The lowest BCUT2D eigenvalue weighted by Gasteiger charge is -2.31. The van der Waals surface area contributed by atoms with E-state index in [2.05, 4.69) is 47.1 Å². The molecule has 1 saturated heterocycles. The standard InChI is InChI=1S/C27H26BrF3N4O3S/c1-15-4-3-5-16(2)24(15)22-11-20(33-38-22)21-14-39-25(32-21)17-6-8-34(9-7-17)23(36)13-35-12-18(27(29,30)31)10-19(28)26(35)37/h3-5,10,12,14,17,22H,6-9,11,13H2,1-2H3. The molecule has 1 unspecified atom stereocenters. The number of hydrogen-bond donors (Lipinski definition) is 0. The predicted octanol–water partition coefficient (Wildman–Crippen LogP) is 5.97. The Morgan fingerprint density at radius 3 is 2.56 bits per heavy atom. The lowest BCUT2D eigenvalue weighted by molar-refractivity contribution is -0.139. The van der Waals surface area contributed by atoms with Gasteiger partial charge in [-0.05, 0) is 59.8 Å². The monoisotopic (exact) mass is 622 g/mol. The third-order valence-electron chi connectivity index (χ3n) is 7.22. The molecule has 1 amide bonds. The number of carbonyl (C=O) groups is 1. The van der Waals surface area contributed by atoms with E-state index in [-0.39, 0.29) is 16.5 Å². The lowest BCUT2D eigenvalue weighted by atomic mass is 9.95. The Balaban J connectivity index is 1.19. The summed E-state index contributed by atoms with van der Waals surface area (Å²) in [5, 5.41) is 7.27. The van der Waals surface area contributed by atoms with Crippen LogP contribution in [0.5, 0.6) is 0 Å². The SMILES string of the molecule is Cc1cccc(C)c1C1CC(c2csc(C3CCN(C(=O)Cn4cc(C(F)(F)F)cc(Br)c4=O)CC3)n2)=NO1. The molecule has 2 aromatic heterocycles. The number of benzene rings is 1. The minimum atomic E-state index is -4.62. The number of pyridine rings is 1. The van der Waals surface area contributed by atoms with Crippen LogP contribution in [0.4, 0.5) is 13.2 Å². The van der Waals surface area contributed by atoms with Crippen LogP contribution in [0.15, 0.2) is 50.3 Å². The number of piperidine rings is 1. The van der Waals surface area contributed by atoms with Crippen LogP contribution in [0, 0.1) is 13.8 Å². The molecule has 3 aromatic rings. The van der Waals surface area contributed by atoms with Crippen LogP contribution in [0.25, 0.3) is 0 Å². The zero-order chi connectivity index (χ0) is 27.9. The fourth-order valence-electron chi connectivity index (χ4n) is 5.12. The fraction of sp³-hybridized carbons (Fsp3) is 0.407. The van der Waals surface area contributed by atoms with E-state index in [1.165, 1.54) is 11.1 Å². The van der Waals surface area contributed by atoms with Gasteiger partial charge in [-0.25, -0.2) is 4.98 Å². The Morgan fingerprint density at radius 1 is 1.21 bits per heavy atom. The molecule has 0 bridgehead atoms. The number of hydrogen-bond acceptors (Lipinski definition) is 6. The zero-order valence-electron chi connectivity index (χ0n) is 21.3. The largest absolute Gasteiger partial charge is 0.417 e. The van der Waals surface area contributed by atoms with Crippen LogP contribution in [0.1, 0.15) is 64.2 Å². The van der Waals surface area contributed by atoms with Gasteiger partial charge in [-0.15, -0.1) is 11.3 Å². The Morgan fingerprint density at radius 2 is 1.90 bits per heavy atom. The molecule has 0 spiro atoms. The molecule has 39 heavy (non-hydrogen) atoms. The highest BCUT2D eigenvalue weighted by Crippen LogP contribution is 2.36. The van der Waals surface area contributed by atoms with Crippen molar-refractivity contribution >= 4 is 38.9 Å². The Hall–Kier alpha value is -2.99. The number of rotatable bonds is 5. The highest BCUT2D eigenvalue weighted by molar-refractivity contribution is 9.10. The smallest absolute Gasteiger partial charge is 0.387 e. The van der Waals surface area contributed by atoms with Crippen molar-refractivity contribution in [2.24, 2.45) is 5.16 Å². The van der Waals surface area contributed by atoms with Crippen LogP contribution < -0.4 is 5.56 Å². The van der Waals surface area contributed by atoms with Gasteiger partial charge in [-0.1, -0.05) is 23.4 Å². The summed E-state index contributed by atoms with van der Waals surface area (Å²) in [4.78, 5) is 37.3. The van der Waals surface area contributed by atoms with Gasteiger partial charge in [0.05, 0.1) is 20.7 Å². The maximum Gasteiger partial charge on any atom is 0.417 e. The van der Waals surface area contributed by atoms with Gasteiger partial charge in [0, 0.05) is 42.6 Å². The normalized spacial score (nSPS) is 18.3. The molecule has 1 aromatic carbocycles. The molecule has 7 nitrogen and oxygen atoms in total. The van der Waals surface area contributed by atoms with Crippen molar-refractivity contribution in [3.63, 3.8) is 0 Å². The van der Waals surface area contributed by atoms with Crippen LogP contribution in [0.2, 0.25) is 0 Å². The summed E-state index contributed by atoms with van der Waals surface area (Å²) in [7, 11) is 0. The average molecular weight is 623 g/mol. The van der Waals surface area contributed by atoms with Crippen LogP contribution in [-0.2, 0) is 22.4 Å². The van der Waals surface area contributed by atoms with E-state index in [0.717, 1.165) is 32.6 Å². The second-order valence-electron chi connectivity index (χ2n) is 9.88. The van der Waals surface area contributed by atoms with Crippen LogP contribution >= 0.6 is 27.3 Å². The number of alkyl halides is 3. The first-order valence-corrected chi connectivity index (χ1v) is 14.2. The Labute approximate surface area is 235 Å². The zero-order valence-corrected chi connectivity index (χ0v) is 23.7. The maximum atomic E-state index is 13.2. The summed E-state index contributed by atoms with van der Waals surface area (Å²) >= 11 is 4.43. The number of nitrogens with zero attached hydrogens (tertiary/aromatic N) is 4. The van der Waals surface area contributed by atoms with Crippen molar-refractivity contribution in [1.29, 1.82) is 0 Å². The van der Waals surface area contributed by atoms with E-state index < -0.39 is 29.8 Å². The summed E-state index contributed by atoms with van der Waals surface area (Å²) in [6.07, 6.45) is -2.07. The molecule has 4 heterocycles.